The van der Waals surface area contributed by atoms with E-state index in [1.165, 1.54) is 31.3 Å². The molecule has 7 nitrogen and oxygen atoms in total. The molecule has 2 N–H and O–H groups in total. The van der Waals surface area contributed by atoms with Gasteiger partial charge in [-0.1, -0.05) is 0 Å². The number of sulfonamides is 1. The summed E-state index contributed by atoms with van der Waals surface area (Å²) in [5, 5.41) is 11.3. The maximum atomic E-state index is 12.5. The van der Waals surface area contributed by atoms with Crippen LogP contribution in [0, 0.1) is 0 Å². The molecule has 0 aromatic heterocycles. The van der Waals surface area contributed by atoms with Crippen LogP contribution in [0.4, 0.5) is 0 Å². The summed E-state index contributed by atoms with van der Waals surface area (Å²) in [5.41, 5.74) is 0.340. The number of carboxylic acid groups (broad SMARTS) is 1. The normalized spacial score (nSPS) is 15.0. The molecule has 21 heavy (non-hydrogen) atoms. The van der Waals surface area contributed by atoms with Gasteiger partial charge in [-0.05, 0) is 37.1 Å². The molecule has 8 heteroatoms. The number of nitrogens with one attached hydrogen (secondary N) is 1. The molecule has 1 aliphatic carbocycles. The van der Waals surface area contributed by atoms with Gasteiger partial charge in [0.15, 0.2) is 0 Å². The van der Waals surface area contributed by atoms with Gasteiger partial charge in [0.1, 0.15) is 6.54 Å². The van der Waals surface area contributed by atoms with Gasteiger partial charge in [0.2, 0.25) is 10.0 Å². The van der Waals surface area contributed by atoms with Gasteiger partial charge in [-0.3, -0.25) is 9.59 Å². The molecule has 1 aliphatic rings. The Hall–Kier alpha value is -1.93. The molecule has 2 rings (SSSR count). The summed E-state index contributed by atoms with van der Waals surface area (Å²) >= 11 is 0. The summed E-state index contributed by atoms with van der Waals surface area (Å²) in [6, 6.07) is 5.19. The monoisotopic (exact) mass is 312 g/mol. The number of benzene rings is 1. The van der Waals surface area contributed by atoms with Gasteiger partial charge < -0.3 is 10.4 Å². The zero-order chi connectivity index (χ0) is 15.6. The van der Waals surface area contributed by atoms with Gasteiger partial charge in [0.25, 0.3) is 5.91 Å². The molecule has 0 saturated heterocycles. The third kappa shape index (κ3) is 3.40. The third-order valence-corrected chi connectivity index (χ3v) is 5.11. The highest BCUT2D eigenvalue weighted by molar-refractivity contribution is 7.89. The van der Waals surface area contributed by atoms with E-state index in [2.05, 4.69) is 5.32 Å². The highest BCUT2D eigenvalue weighted by atomic mass is 32.2. The van der Waals surface area contributed by atoms with E-state index in [1.807, 2.05) is 0 Å². The fraction of sp³-hybridized carbons (Fsp3) is 0.385. The van der Waals surface area contributed by atoms with Crippen LogP contribution >= 0.6 is 0 Å². The van der Waals surface area contributed by atoms with E-state index in [-0.39, 0.29) is 16.8 Å². The maximum absolute atomic E-state index is 12.5. The fourth-order valence-electron chi connectivity index (χ4n) is 1.96. The highest BCUT2D eigenvalue weighted by Gasteiger charge is 2.39. The number of nitrogens with zero attached hydrogens (tertiary/aromatic N) is 1. The summed E-state index contributed by atoms with van der Waals surface area (Å²) in [7, 11) is -2.38. The van der Waals surface area contributed by atoms with Crippen molar-refractivity contribution in [2.24, 2.45) is 0 Å². The SMILES string of the molecule is CNC(=O)c1ccc(S(=O)(=O)N(CC(=O)O)C2CC2)cc1. The van der Waals surface area contributed by atoms with Crippen LogP contribution in [0.5, 0.6) is 0 Å². The van der Waals surface area contributed by atoms with Crippen LogP contribution in [-0.2, 0) is 14.8 Å². The maximum Gasteiger partial charge on any atom is 0.318 e. The zero-order valence-corrected chi connectivity index (χ0v) is 12.3. The summed E-state index contributed by atoms with van der Waals surface area (Å²) in [6.45, 7) is -0.551. The molecule has 0 unspecified atom stereocenters. The van der Waals surface area contributed by atoms with Crippen molar-refractivity contribution in [3.63, 3.8) is 0 Å². The minimum atomic E-state index is -3.86. The van der Waals surface area contributed by atoms with Crippen molar-refractivity contribution < 1.29 is 23.1 Å². The van der Waals surface area contributed by atoms with Crippen molar-refractivity contribution in [1.29, 1.82) is 0 Å². The number of amides is 1. The summed E-state index contributed by atoms with van der Waals surface area (Å²) in [6.07, 6.45) is 1.34. The van der Waals surface area contributed by atoms with Gasteiger partial charge in [-0.15, -0.1) is 0 Å². The molecular weight excluding hydrogens is 296 g/mol. The summed E-state index contributed by atoms with van der Waals surface area (Å²) < 4.78 is 25.9. The van der Waals surface area contributed by atoms with Crippen LogP contribution in [0.2, 0.25) is 0 Å². The lowest BCUT2D eigenvalue weighted by Gasteiger charge is -2.19. The molecule has 0 aliphatic heterocycles. The summed E-state index contributed by atoms with van der Waals surface area (Å²) in [5.74, 6) is -1.50. The standard InChI is InChI=1S/C13H16N2O5S/c1-14-13(18)9-2-6-11(7-3-9)21(19,20)15(8-12(16)17)10-4-5-10/h2-3,6-7,10H,4-5,8H2,1H3,(H,14,18)(H,16,17). The Morgan fingerprint density at radius 3 is 2.29 bits per heavy atom. The molecule has 0 spiro atoms. The van der Waals surface area contributed by atoms with Crippen molar-refractivity contribution in [1.82, 2.24) is 9.62 Å². The van der Waals surface area contributed by atoms with Crippen LogP contribution < -0.4 is 5.32 Å². The van der Waals surface area contributed by atoms with Crippen molar-refractivity contribution >= 4 is 21.9 Å². The number of hydrogen-bond acceptors (Lipinski definition) is 4. The van der Waals surface area contributed by atoms with Crippen LogP contribution in [0.25, 0.3) is 0 Å². The average Bonchev–Trinajstić information content (AvgIpc) is 3.28. The number of hydrogen-bond donors (Lipinski definition) is 2. The molecule has 1 aromatic carbocycles. The molecule has 0 radical (unpaired) electrons. The Bertz CT molecular complexity index is 650. The van der Waals surface area contributed by atoms with Crippen molar-refractivity contribution in [2.75, 3.05) is 13.6 Å². The topological polar surface area (TPSA) is 104 Å². The Labute approximate surface area is 122 Å². The molecule has 1 aromatic rings. The molecule has 1 amide bonds. The van der Waals surface area contributed by atoms with E-state index >= 15 is 0 Å². The van der Waals surface area contributed by atoms with E-state index in [1.54, 1.807) is 0 Å². The predicted molar refractivity (Wildman–Crippen MR) is 74.4 cm³/mol. The highest BCUT2D eigenvalue weighted by Crippen LogP contribution is 2.31. The number of carbonyl (C=O) groups excluding carboxylic acids is 1. The van der Waals surface area contributed by atoms with E-state index in [4.69, 9.17) is 5.11 Å². The first-order valence-corrected chi connectivity index (χ1v) is 7.86. The number of carboxylic acids is 1. The largest absolute Gasteiger partial charge is 0.480 e. The van der Waals surface area contributed by atoms with Gasteiger partial charge >= 0.3 is 5.97 Å². The second-order valence-electron chi connectivity index (χ2n) is 4.78. The molecule has 1 saturated carbocycles. The van der Waals surface area contributed by atoms with Gasteiger partial charge in [0.05, 0.1) is 4.90 Å². The van der Waals surface area contributed by atoms with Gasteiger partial charge in [-0.25, -0.2) is 8.42 Å². The van der Waals surface area contributed by atoms with Crippen molar-refractivity contribution in [2.45, 2.75) is 23.8 Å². The number of carbonyl (C=O) groups is 2. The first-order valence-electron chi connectivity index (χ1n) is 6.42. The molecule has 0 atom stereocenters. The lowest BCUT2D eigenvalue weighted by atomic mass is 10.2. The Morgan fingerprint density at radius 1 is 1.29 bits per heavy atom. The quantitative estimate of drug-likeness (QED) is 0.785. The van der Waals surface area contributed by atoms with Crippen LogP contribution in [0.1, 0.15) is 23.2 Å². The van der Waals surface area contributed by atoms with E-state index < -0.39 is 22.5 Å². The van der Waals surface area contributed by atoms with Crippen LogP contribution in [-0.4, -0.2) is 49.3 Å². The third-order valence-electron chi connectivity index (χ3n) is 3.20. The second-order valence-corrected chi connectivity index (χ2v) is 6.67. The summed E-state index contributed by atoms with van der Waals surface area (Å²) in [4.78, 5) is 22.3. The molecular formula is C13H16N2O5S. The Balaban J connectivity index is 2.29. The van der Waals surface area contributed by atoms with Gasteiger partial charge in [0, 0.05) is 18.7 Å². The van der Waals surface area contributed by atoms with E-state index in [0.717, 1.165) is 4.31 Å². The minimum absolute atomic E-state index is 0.0108. The molecule has 0 heterocycles. The number of aliphatic carboxylic acids is 1. The zero-order valence-electron chi connectivity index (χ0n) is 11.4. The van der Waals surface area contributed by atoms with E-state index in [0.29, 0.717) is 18.4 Å². The first-order chi connectivity index (χ1) is 9.86. The Kier molecular flexibility index (Phi) is 4.29. The smallest absolute Gasteiger partial charge is 0.318 e. The van der Waals surface area contributed by atoms with Crippen molar-refractivity contribution in [3.05, 3.63) is 29.8 Å². The lowest BCUT2D eigenvalue weighted by Crippen LogP contribution is -2.37. The first kappa shape index (κ1) is 15.5. The minimum Gasteiger partial charge on any atom is -0.480 e. The Morgan fingerprint density at radius 2 is 1.86 bits per heavy atom. The van der Waals surface area contributed by atoms with Crippen molar-refractivity contribution in [3.8, 4) is 0 Å². The van der Waals surface area contributed by atoms with E-state index in [9.17, 15) is 18.0 Å². The van der Waals surface area contributed by atoms with Crippen LogP contribution in [0.15, 0.2) is 29.2 Å². The predicted octanol–water partition coefficient (Wildman–Crippen LogP) is 0.284. The molecule has 114 valence electrons. The fourth-order valence-corrected chi connectivity index (χ4v) is 3.60. The lowest BCUT2D eigenvalue weighted by molar-refractivity contribution is -0.137. The number of rotatable bonds is 6. The molecule has 0 bridgehead atoms. The average molecular weight is 312 g/mol. The van der Waals surface area contributed by atoms with Gasteiger partial charge in [-0.2, -0.15) is 4.31 Å². The molecule has 1 fully saturated rings. The second kappa shape index (κ2) is 5.82. The van der Waals surface area contributed by atoms with Crippen LogP contribution in [0.3, 0.4) is 0 Å².